The molecule has 1 aromatic carbocycles. The van der Waals surface area contributed by atoms with Crippen LogP contribution in [-0.4, -0.2) is 26.2 Å². The van der Waals surface area contributed by atoms with Crippen LogP contribution in [0, 0.1) is 13.8 Å². The second-order valence-electron chi connectivity index (χ2n) is 5.12. The second kappa shape index (κ2) is 6.88. The van der Waals surface area contributed by atoms with E-state index >= 15 is 0 Å². The van der Waals surface area contributed by atoms with E-state index in [0.29, 0.717) is 0 Å². The molecule has 1 unspecified atom stereocenters. The highest BCUT2D eigenvalue weighted by atomic mass is 32.2. The Hall–Kier alpha value is -1.36. The Morgan fingerprint density at radius 2 is 1.75 bits per heavy atom. The van der Waals surface area contributed by atoms with Gasteiger partial charge in [-0.1, -0.05) is 29.3 Å². The van der Waals surface area contributed by atoms with Gasteiger partial charge in [0.05, 0.1) is 24.0 Å². The number of aryl methyl sites for hydroxylation is 2. The van der Waals surface area contributed by atoms with E-state index in [-0.39, 0.29) is 18.8 Å². The lowest BCUT2D eigenvalue weighted by Gasteiger charge is -2.13. The summed E-state index contributed by atoms with van der Waals surface area (Å²) in [6, 6.07) is 5.72. The van der Waals surface area contributed by atoms with Gasteiger partial charge >= 0.3 is 5.97 Å². The molecule has 0 aliphatic heterocycles. The molecule has 1 atom stereocenters. The van der Waals surface area contributed by atoms with E-state index in [9.17, 15) is 13.2 Å². The highest BCUT2D eigenvalue weighted by Crippen LogP contribution is 2.17. The SMILES string of the molecule is CCOC(=O)CC(C)S(=O)(=O)Cc1cc(C)cc(C)c1. The Morgan fingerprint density at radius 3 is 2.25 bits per heavy atom. The maximum atomic E-state index is 12.3. The van der Waals surface area contributed by atoms with E-state index in [0.717, 1.165) is 16.7 Å². The van der Waals surface area contributed by atoms with Gasteiger partial charge in [-0.25, -0.2) is 8.42 Å². The molecule has 0 aliphatic carbocycles. The summed E-state index contributed by atoms with van der Waals surface area (Å²) in [6.45, 7) is 7.39. The van der Waals surface area contributed by atoms with Gasteiger partial charge in [-0.05, 0) is 33.3 Å². The fourth-order valence-electron chi connectivity index (χ4n) is 2.11. The third-order valence-corrected chi connectivity index (χ3v) is 5.15. The molecule has 0 N–H and O–H groups in total. The zero-order valence-corrected chi connectivity index (χ0v) is 13.3. The molecule has 0 radical (unpaired) electrons. The van der Waals surface area contributed by atoms with Gasteiger partial charge in [-0.15, -0.1) is 0 Å². The Kier molecular flexibility index (Phi) is 5.74. The van der Waals surface area contributed by atoms with Gasteiger partial charge in [0.15, 0.2) is 9.84 Å². The minimum atomic E-state index is -3.36. The van der Waals surface area contributed by atoms with Gasteiger partial charge < -0.3 is 4.74 Å². The lowest BCUT2D eigenvalue weighted by atomic mass is 10.1. The zero-order chi connectivity index (χ0) is 15.3. The van der Waals surface area contributed by atoms with Gasteiger partial charge in [0.25, 0.3) is 0 Å². The first kappa shape index (κ1) is 16.7. The summed E-state index contributed by atoms with van der Waals surface area (Å²) in [4.78, 5) is 11.4. The molecule has 0 bridgehead atoms. The van der Waals surface area contributed by atoms with Crippen molar-refractivity contribution in [2.24, 2.45) is 0 Å². The van der Waals surface area contributed by atoms with Crippen molar-refractivity contribution in [3.05, 3.63) is 34.9 Å². The number of carbonyl (C=O) groups is 1. The van der Waals surface area contributed by atoms with Crippen LogP contribution in [0.3, 0.4) is 0 Å². The van der Waals surface area contributed by atoms with E-state index in [1.54, 1.807) is 13.8 Å². The van der Waals surface area contributed by atoms with Crippen LogP contribution >= 0.6 is 0 Å². The molecule has 4 nitrogen and oxygen atoms in total. The lowest BCUT2D eigenvalue weighted by Crippen LogP contribution is -2.24. The summed E-state index contributed by atoms with van der Waals surface area (Å²) in [5.41, 5.74) is 2.83. The van der Waals surface area contributed by atoms with Crippen molar-refractivity contribution < 1.29 is 17.9 Å². The number of esters is 1. The number of hydrogen-bond acceptors (Lipinski definition) is 4. The van der Waals surface area contributed by atoms with E-state index in [2.05, 4.69) is 0 Å². The minimum Gasteiger partial charge on any atom is -0.466 e. The molecule has 1 rings (SSSR count). The third kappa shape index (κ3) is 4.96. The van der Waals surface area contributed by atoms with Crippen molar-refractivity contribution in [1.82, 2.24) is 0 Å². The summed E-state index contributed by atoms with van der Waals surface area (Å²) >= 11 is 0. The molecular weight excluding hydrogens is 276 g/mol. The standard InChI is InChI=1S/C15H22O4S/c1-5-19-15(16)9-13(4)20(17,18)10-14-7-11(2)6-12(3)8-14/h6-8,13H,5,9-10H2,1-4H3. The maximum Gasteiger partial charge on any atom is 0.307 e. The molecule has 0 aliphatic rings. The number of rotatable bonds is 6. The van der Waals surface area contributed by atoms with Gasteiger partial charge in [0, 0.05) is 0 Å². The normalized spacial score (nSPS) is 13.0. The van der Waals surface area contributed by atoms with Gasteiger partial charge in [-0.3, -0.25) is 4.79 Å². The summed E-state index contributed by atoms with van der Waals surface area (Å²) in [6.07, 6.45) is -0.0963. The fraction of sp³-hybridized carbons (Fsp3) is 0.533. The molecule has 0 fully saturated rings. The second-order valence-corrected chi connectivity index (χ2v) is 7.54. The minimum absolute atomic E-state index is 0.0455. The van der Waals surface area contributed by atoms with Crippen molar-refractivity contribution in [2.75, 3.05) is 6.61 Å². The van der Waals surface area contributed by atoms with Crippen molar-refractivity contribution in [3.8, 4) is 0 Å². The van der Waals surface area contributed by atoms with E-state index in [4.69, 9.17) is 4.74 Å². The van der Waals surface area contributed by atoms with Crippen LogP contribution in [0.4, 0.5) is 0 Å². The summed E-state index contributed by atoms with van der Waals surface area (Å²) < 4.78 is 29.3. The molecule has 1 aromatic rings. The van der Waals surface area contributed by atoms with Crippen LogP contribution in [0.25, 0.3) is 0 Å². The summed E-state index contributed by atoms with van der Waals surface area (Å²) in [5.74, 6) is -0.514. The predicted octanol–water partition coefficient (Wildman–Crippen LogP) is 2.56. The number of benzene rings is 1. The molecule has 5 heteroatoms. The van der Waals surface area contributed by atoms with Crippen molar-refractivity contribution >= 4 is 15.8 Å². The smallest absolute Gasteiger partial charge is 0.307 e. The quantitative estimate of drug-likeness (QED) is 0.757. The highest BCUT2D eigenvalue weighted by Gasteiger charge is 2.24. The summed E-state index contributed by atoms with van der Waals surface area (Å²) in [7, 11) is -3.36. The van der Waals surface area contributed by atoms with Crippen LogP contribution < -0.4 is 0 Å². The maximum absolute atomic E-state index is 12.3. The topological polar surface area (TPSA) is 60.4 Å². The van der Waals surface area contributed by atoms with Crippen LogP contribution in [0.2, 0.25) is 0 Å². The van der Waals surface area contributed by atoms with Crippen LogP contribution in [-0.2, 0) is 25.1 Å². The van der Waals surface area contributed by atoms with E-state index in [1.807, 2.05) is 32.0 Å². The van der Waals surface area contributed by atoms with Crippen LogP contribution in [0.1, 0.15) is 37.0 Å². The molecule has 0 aromatic heterocycles. The van der Waals surface area contributed by atoms with Crippen molar-refractivity contribution in [1.29, 1.82) is 0 Å². The van der Waals surface area contributed by atoms with Gasteiger partial charge in [0.2, 0.25) is 0 Å². The van der Waals surface area contributed by atoms with Gasteiger partial charge in [0.1, 0.15) is 0 Å². The Labute approximate surface area is 121 Å². The Morgan fingerprint density at radius 1 is 1.20 bits per heavy atom. The Balaban J connectivity index is 2.80. The van der Waals surface area contributed by atoms with Crippen molar-refractivity contribution in [2.45, 2.75) is 45.1 Å². The first-order valence-electron chi connectivity index (χ1n) is 6.69. The highest BCUT2D eigenvalue weighted by molar-refractivity contribution is 7.91. The first-order chi connectivity index (χ1) is 9.24. The van der Waals surface area contributed by atoms with Crippen LogP contribution in [0.15, 0.2) is 18.2 Å². The third-order valence-electron chi connectivity index (χ3n) is 3.02. The first-order valence-corrected chi connectivity index (χ1v) is 8.40. The van der Waals surface area contributed by atoms with E-state index in [1.165, 1.54) is 0 Å². The summed E-state index contributed by atoms with van der Waals surface area (Å²) in [5, 5.41) is -0.734. The number of ether oxygens (including phenoxy) is 1. The largest absolute Gasteiger partial charge is 0.466 e. The molecule has 20 heavy (non-hydrogen) atoms. The van der Waals surface area contributed by atoms with Crippen LogP contribution in [0.5, 0.6) is 0 Å². The number of carbonyl (C=O) groups excluding carboxylic acids is 1. The monoisotopic (exact) mass is 298 g/mol. The van der Waals surface area contributed by atoms with Crippen molar-refractivity contribution in [3.63, 3.8) is 0 Å². The molecule has 0 spiro atoms. The fourth-order valence-corrected chi connectivity index (χ4v) is 3.41. The average molecular weight is 298 g/mol. The van der Waals surface area contributed by atoms with Gasteiger partial charge in [-0.2, -0.15) is 0 Å². The predicted molar refractivity (Wildman–Crippen MR) is 79.3 cm³/mol. The zero-order valence-electron chi connectivity index (χ0n) is 12.5. The molecule has 0 heterocycles. The Bertz CT molecular complexity index is 555. The number of sulfone groups is 1. The molecule has 112 valence electrons. The molecule has 0 amide bonds. The average Bonchev–Trinajstić information content (AvgIpc) is 2.26. The lowest BCUT2D eigenvalue weighted by molar-refractivity contribution is -0.143. The van der Waals surface area contributed by atoms with E-state index < -0.39 is 21.1 Å². The molecule has 0 saturated carbocycles. The number of hydrogen-bond donors (Lipinski definition) is 0. The molecular formula is C15H22O4S. The molecule has 0 saturated heterocycles.